The molecule has 0 fully saturated rings. The zero-order chi connectivity index (χ0) is 13.9. The highest BCUT2D eigenvalue weighted by Gasteiger charge is 2.15. The summed E-state index contributed by atoms with van der Waals surface area (Å²) < 4.78 is 22.2. The highest BCUT2D eigenvalue weighted by Crippen LogP contribution is 2.20. The lowest BCUT2D eigenvalue weighted by atomic mass is 10.2. The quantitative estimate of drug-likeness (QED) is 0.892. The zero-order valence-electron chi connectivity index (χ0n) is 9.87. The van der Waals surface area contributed by atoms with Gasteiger partial charge in [-0.15, -0.1) is 11.3 Å². The second-order valence-corrected chi connectivity index (χ2v) is 6.70. The van der Waals surface area contributed by atoms with E-state index in [1.165, 1.54) is 12.1 Å². The van der Waals surface area contributed by atoms with Gasteiger partial charge < -0.3 is 5.32 Å². The topological polar surface area (TPSA) is 89.3 Å². The number of rotatable bonds is 4. The average molecular weight is 296 g/mol. The second kappa shape index (κ2) is 5.52. The van der Waals surface area contributed by atoms with Gasteiger partial charge in [-0.05, 0) is 17.7 Å². The van der Waals surface area contributed by atoms with Crippen LogP contribution >= 0.6 is 11.3 Å². The molecule has 19 heavy (non-hydrogen) atoms. The van der Waals surface area contributed by atoms with E-state index in [-0.39, 0.29) is 10.1 Å². The highest BCUT2D eigenvalue weighted by atomic mass is 32.2. The molecule has 7 heteroatoms. The van der Waals surface area contributed by atoms with E-state index in [0.29, 0.717) is 11.4 Å². The molecule has 2 aromatic rings. The zero-order valence-corrected chi connectivity index (χ0v) is 11.5. The number of carbonyl (C=O) groups excluding carboxylic acids is 1. The average Bonchev–Trinajstić information content (AvgIpc) is 2.87. The smallest absolute Gasteiger partial charge is 0.261 e. The molecule has 0 saturated carbocycles. The molecule has 0 aliphatic heterocycles. The van der Waals surface area contributed by atoms with Gasteiger partial charge in [0.2, 0.25) is 10.0 Å². The van der Waals surface area contributed by atoms with E-state index in [1.807, 2.05) is 30.3 Å². The number of nitrogens with one attached hydrogen (secondary N) is 1. The lowest BCUT2D eigenvalue weighted by Crippen LogP contribution is -2.21. The van der Waals surface area contributed by atoms with Crippen LogP contribution in [0.15, 0.2) is 46.7 Å². The van der Waals surface area contributed by atoms with Crippen LogP contribution < -0.4 is 10.5 Å². The van der Waals surface area contributed by atoms with E-state index in [2.05, 4.69) is 5.32 Å². The Kier molecular flexibility index (Phi) is 3.98. The van der Waals surface area contributed by atoms with Crippen LogP contribution in [0.1, 0.15) is 15.2 Å². The van der Waals surface area contributed by atoms with Gasteiger partial charge >= 0.3 is 0 Å². The Bertz CT molecular complexity index is 678. The fourth-order valence-corrected chi connectivity index (χ4v) is 3.11. The minimum Gasteiger partial charge on any atom is -0.347 e. The first kappa shape index (κ1) is 13.7. The number of benzene rings is 1. The lowest BCUT2D eigenvalue weighted by Gasteiger charge is -2.03. The van der Waals surface area contributed by atoms with Crippen molar-refractivity contribution in [1.82, 2.24) is 5.32 Å². The van der Waals surface area contributed by atoms with Gasteiger partial charge in [-0.25, -0.2) is 13.6 Å². The molecule has 5 nitrogen and oxygen atoms in total. The predicted molar refractivity (Wildman–Crippen MR) is 73.3 cm³/mol. The van der Waals surface area contributed by atoms with Gasteiger partial charge in [-0.3, -0.25) is 4.79 Å². The maximum atomic E-state index is 11.8. The molecule has 0 unspecified atom stereocenters. The molecule has 100 valence electrons. The van der Waals surface area contributed by atoms with E-state index in [9.17, 15) is 13.2 Å². The van der Waals surface area contributed by atoms with Crippen LogP contribution in [0.2, 0.25) is 0 Å². The number of sulfonamides is 1. The summed E-state index contributed by atoms with van der Waals surface area (Å²) >= 11 is 0.858. The minimum absolute atomic E-state index is 0.0163. The molecule has 1 amide bonds. The van der Waals surface area contributed by atoms with Gasteiger partial charge in [0.25, 0.3) is 5.91 Å². The largest absolute Gasteiger partial charge is 0.347 e. The van der Waals surface area contributed by atoms with Gasteiger partial charge in [0.1, 0.15) is 4.21 Å². The summed E-state index contributed by atoms with van der Waals surface area (Å²) in [5.41, 5.74) is 0.971. The molecule has 1 aromatic carbocycles. The molecule has 1 heterocycles. The molecule has 0 atom stereocenters. The summed E-state index contributed by atoms with van der Waals surface area (Å²) in [5.74, 6) is -0.316. The monoisotopic (exact) mass is 296 g/mol. The van der Waals surface area contributed by atoms with Crippen molar-refractivity contribution in [3.63, 3.8) is 0 Å². The van der Waals surface area contributed by atoms with E-state index in [0.717, 1.165) is 16.9 Å². The van der Waals surface area contributed by atoms with Crippen molar-refractivity contribution in [2.75, 3.05) is 0 Å². The maximum absolute atomic E-state index is 11.8. The van der Waals surface area contributed by atoms with Crippen molar-refractivity contribution in [2.24, 2.45) is 5.14 Å². The van der Waals surface area contributed by atoms with Crippen molar-refractivity contribution in [3.05, 3.63) is 52.9 Å². The predicted octanol–water partition coefficient (Wildman–Crippen LogP) is 1.33. The van der Waals surface area contributed by atoms with Gasteiger partial charge in [0.05, 0.1) is 4.88 Å². The number of carbonyl (C=O) groups is 1. The van der Waals surface area contributed by atoms with Crippen LogP contribution in [0.5, 0.6) is 0 Å². The second-order valence-electron chi connectivity index (χ2n) is 3.83. The summed E-state index contributed by atoms with van der Waals surface area (Å²) in [6, 6.07) is 12.2. The van der Waals surface area contributed by atoms with Crippen LogP contribution in [0.3, 0.4) is 0 Å². The van der Waals surface area contributed by atoms with Gasteiger partial charge in [-0.1, -0.05) is 30.3 Å². The van der Waals surface area contributed by atoms with Crippen molar-refractivity contribution < 1.29 is 13.2 Å². The minimum atomic E-state index is -3.74. The van der Waals surface area contributed by atoms with Crippen LogP contribution in [0.4, 0.5) is 0 Å². The van der Waals surface area contributed by atoms with E-state index in [4.69, 9.17) is 5.14 Å². The standard InChI is InChI=1S/C12H12N2O3S2/c13-19(16,17)11-7-6-10(18-11)12(15)14-8-9-4-2-1-3-5-9/h1-7H,8H2,(H,14,15)(H2,13,16,17). The Morgan fingerprint density at radius 2 is 1.84 bits per heavy atom. The fourth-order valence-electron chi connectivity index (χ4n) is 1.46. The third-order valence-corrected chi connectivity index (χ3v) is 4.90. The number of hydrogen-bond donors (Lipinski definition) is 2. The molecule has 2 rings (SSSR count). The van der Waals surface area contributed by atoms with Crippen LogP contribution in [0, 0.1) is 0 Å². The van der Waals surface area contributed by atoms with Crippen molar-refractivity contribution in [2.45, 2.75) is 10.8 Å². The van der Waals surface area contributed by atoms with E-state index in [1.54, 1.807) is 0 Å². The number of hydrogen-bond acceptors (Lipinski definition) is 4. The summed E-state index contributed by atoms with van der Waals surface area (Å²) in [4.78, 5) is 12.1. The number of amides is 1. The third kappa shape index (κ3) is 3.63. The third-order valence-electron chi connectivity index (χ3n) is 2.38. The highest BCUT2D eigenvalue weighted by molar-refractivity contribution is 7.91. The van der Waals surface area contributed by atoms with Gasteiger partial charge in [0.15, 0.2) is 0 Å². The number of thiophene rings is 1. The molecule has 0 spiro atoms. The first-order valence-corrected chi connectivity index (χ1v) is 7.78. The van der Waals surface area contributed by atoms with Crippen LogP contribution in [0.25, 0.3) is 0 Å². The van der Waals surface area contributed by atoms with Crippen molar-refractivity contribution >= 4 is 27.3 Å². The number of nitrogens with two attached hydrogens (primary N) is 1. The maximum Gasteiger partial charge on any atom is 0.261 e. The summed E-state index contributed by atoms with van der Waals surface area (Å²) in [6.45, 7) is 0.391. The van der Waals surface area contributed by atoms with E-state index >= 15 is 0 Å². The van der Waals surface area contributed by atoms with Crippen LogP contribution in [-0.2, 0) is 16.6 Å². The molecule has 0 bridgehead atoms. The molecule has 0 aliphatic carbocycles. The van der Waals surface area contributed by atoms with E-state index < -0.39 is 10.0 Å². The first-order valence-electron chi connectivity index (χ1n) is 5.41. The Morgan fingerprint density at radius 3 is 2.42 bits per heavy atom. The summed E-state index contributed by atoms with van der Waals surface area (Å²) in [7, 11) is -3.74. The van der Waals surface area contributed by atoms with Crippen LogP contribution in [-0.4, -0.2) is 14.3 Å². The Labute approximate surface area is 115 Å². The summed E-state index contributed by atoms with van der Waals surface area (Å²) in [5, 5.41) is 7.70. The SMILES string of the molecule is NS(=O)(=O)c1ccc(C(=O)NCc2ccccc2)s1. The first-order chi connectivity index (χ1) is 8.97. The molecule has 3 N–H and O–H groups in total. The Hall–Kier alpha value is -1.70. The Balaban J connectivity index is 2.03. The van der Waals surface area contributed by atoms with Crippen molar-refractivity contribution in [3.8, 4) is 0 Å². The molecule has 0 aliphatic rings. The van der Waals surface area contributed by atoms with Gasteiger partial charge in [0, 0.05) is 6.54 Å². The lowest BCUT2D eigenvalue weighted by molar-refractivity contribution is 0.0955. The molecule has 0 radical (unpaired) electrons. The summed E-state index contributed by atoms with van der Waals surface area (Å²) in [6.07, 6.45) is 0. The normalized spacial score (nSPS) is 11.2. The van der Waals surface area contributed by atoms with Gasteiger partial charge in [-0.2, -0.15) is 0 Å². The number of primary sulfonamides is 1. The molecular formula is C12H12N2O3S2. The molecule has 1 aromatic heterocycles. The van der Waals surface area contributed by atoms with Crippen molar-refractivity contribution in [1.29, 1.82) is 0 Å². The Morgan fingerprint density at radius 1 is 1.16 bits per heavy atom. The fraction of sp³-hybridized carbons (Fsp3) is 0.0833. The molecular weight excluding hydrogens is 284 g/mol. The molecule has 0 saturated heterocycles.